The van der Waals surface area contributed by atoms with Gasteiger partial charge in [0.2, 0.25) is 0 Å². The second kappa shape index (κ2) is 5.20. The molecule has 0 aliphatic carbocycles. The summed E-state index contributed by atoms with van der Waals surface area (Å²) in [5.41, 5.74) is 1.33. The Morgan fingerprint density at radius 3 is 3.06 bits per heavy atom. The molecule has 2 atom stereocenters. The van der Waals surface area contributed by atoms with Crippen LogP contribution in [0, 0.1) is 0 Å². The molecule has 0 bridgehead atoms. The first-order chi connectivity index (χ1) is 8.72. The fourth-order valence-corrected chi connectivity index (χ4v) is 3.55. The summed E-state index contributed by atoms with van der Waals surface area (Å²) < 4.78 is 0. The number of nitrogens with zero attached hydrogens (tertiary/aromatic N) is 2. The molecule has 2 nitrogen and oxygen atoms in total. The lowest BCUT2D eigenvalue weighted by Crippen LogP contribution is -2.54. The van der Waals surface area contributed by atoms with Crippen molar-refractivity contribution in [2.24, 2.45) is 0 Å². The van der Waals surface area contributed by atoms with Crippen LogP contribution in [-0.2, 0) is 6.54 Å². The van der Waals surface area contributed by atoms with Crippen LogP contribution < -0.4 is 0 Å². The Morgan fingerprint density at radius 1 is 1.33 bits per heavy atom. The average Bonchev–Trinajstić information content (AvgIpc) is 2.76. The molecule has 3 heteroatoms. The maximum atomic E-state index is 6.06. The molecule has 0 amide bonds. The highest BCUT2D eigenvalue weighted by Crippen LogP contribution is 2.26. The van der Waals surface area contributed by atoms with Gasteiger partial charge in [-0.1, -0.05) is 23.7 Å². The lowest BCUT2D eigenvalue weighted by atomic mass is 10.1. The molecule has 0 N–H and O–H groups in total. The van der Waals surface area contributed by atoms with Crippen molar-refractivity contribution in [1.82, 2.24) is 9.80 Å². The van der Waals surface area contributed by atoms with Crippen molar-refractivity contribution in [3.63, 3.8) is 0 Å². The first kappa shape index (κ1) is 12.5. The molecule has 1 unspecified atom stereocenters. The summed E-state index contributed by atoms with van der Waals surface area (Å²) in [5, 5.41) is 0.847. The zero-order chi connectivity index (χ0) is 12.5. The van der Waals surface area contributed by atoms with Gasteiger partial charge in [0.1, 0.15) is 0 Å². The van der Waals surface area contributed by atoms with Crippen molar-refractivity contribution < 1.29 is 0 Å². The third-order valence-corrected chi connectivity index (χ3v) is 4.58. The van der Waals surface area contributed by atoms with Crippen LogP contribution in [0.4, 0.5) is 0 Å². The molecule has 2 fully saturated rings. The minimum absolute atomic E-state index is 0.651. The predicted octanol–water partition coefficient (Wildman–Crippen LogP) is 3.01. The van der Waals surface area contributed by atoms with E-state index < -0.39 is 0 Å². The minimum atomic E-state index is 0.651. The van der Waals surface area contributed by atoms with Crippen molar-refractivity contribution in [3.05, 3.63) is 34.9 Å². The van der Waals surface area contributed by atoms with Crippen LogP contribution in [0.2, 0.25) is 5.02 Å². The van der Waals surface area contributed by atoms with Crippen LogP contribution in [0.1, 0.15) is 25.3 Å². The van der Waals surface area contributed by atoms with Gasteiger partial charge in [-0.25, -0.2) is 0 Å². The van der Waals surface area contributed by atoms with Crippen molar-refractivity contribution in [1.29, 1.82) is 0 Å². The van der Waals surface area contributed by atoms with E-state index in [1.165, 1.54) is 38.0 Å². The summed E-state index contributed by atoms with van der Waals surface area (Å²) in [6, 6.07) is 9.71. The van der Waals surface area contributed by atoms with Gasteiger partial charge in [-0.2, -0.15) is 0 Å². The number of piperazine rings is 1. The molecule has 0 saturated carbocycles. The lowest BCUT2D eigenvalue weighted by Gasteiger charge is -2.42. The molecular weight excluding hydrogens is 244 g/mol. The molecule has 2 saturated heterocycles. The lowest BCUT2D eigenvalue weighted by molar-refractivity contribution is 0.0540. The highest BCUT2D eigenvalue weighted by atomic mass is 35.5. The third kappa shape index (κ3) is 2.56. The van der Waals surface area contributed by atoms with Crippen LogP contribution in [0.5, 0.6) is 0 Å². The summed E-state index contributed by atoms with van der Waals surface area (Å²) in [5.74, 6) is 0. The molecule has 3 rings (SSSR count). The van der Waals surface area contributed by atoms with Gasteiger partial charge in [-0.15, -0.1) is 0 Å². The van der Waals surface area contributed by atoms with E-state index in [-0.39, 0.29) is 0 Å². The normalized spacial score (nSPS) is 29.4. The van der Waals surface area contributed by atoms with Crippen LogP contribution in [0.25, 0.3) is 0 Å². The second-order valence-corrected chi connectivity index (χ2v) is 6.14. The molecule has 2 heterocycles. The molecule has 98 valence electrons. The highest BCUT2D eigenvalue weighted by Gasteiger charge is 2.34. The Kier molecular flexibility index (Phi) is 3.60. The third-order valence-electron chi connectivity index (χ3n) is 4.34. The van der Waals surface area contributed by atoms with Crippen molar-refractivity contribution in [3.8, 4) is 0 Å². The maximum Gasteiger partial charge on any atom is 0.0409 e. The molecule has 1 aromatic rings. The van der Waals surface area contributed by atoms with Gasteiger partial charge in [-0.05, 0) is 44.0 Å². The van der Waals surface area contributed by atoms with Gasteiger partial charge < -0.3 is 0 Å². The number of rotatable bonds is 2. The minimum Gasteiger partial charge on any atom is -0.298 e. The van der Waals surface area contributed by atoms with E-state index >= 15 is 0 Å². The number of hydrogen-bond acceptors (Lipinski definition) is 2. The standard InChI is InChI=1S/C15H21ClN2/c1-12-9-17-7-3-6-15(17)11-18(12)10-13-4-2-5-14(16)8-13/h2,4-5,8,12,15H,3,6-7,9-11H2,1H3/t12-,15?/m0/s1. The Morgan fingerprint density at radius 2 is 2.22 bits per heavy atom. The van der Waals surface area contributed by atoms with E-state index in [2.05, 4.69) is 28.9 Å². The Balaban J connectivity index is 1.68. The molecule has 0 spiro atoms. The SMILES string of the molecule is C[C@H]1CN2CCCC2CN1Cc1cccc(Cl)c1. The molecule has 2 aliphatic rings. The van der Waals surface area contributed by atoms with E-state index in [1.54, 1.807) is 0 Å². The van der Waals surface area contributed by atoms with Gasteiger partial charge in [0.15, 0.2) is 0 Å². The first-order valence-electron chi connectivity index (χ1n) is 6.95. The van der Waals surface area contributed by atoms with Crippen LogP contribution in [-0.4, -0.2) is 41.5 Å². The smallest absolute Gasteiger partial charge is 0.0409 e. The molecule has 0 radical (unpaired) electrons. The predicted molar refractivity (Wildman–Crippen MR) is 75.9 cm³/mol. The van der Waals surface area contributed by atoms with E-state index in [0.717, 1.165) is 17.6 Å². The summed E-state index contributed by atoms with van der Waals surface area (Å²) in [4.78, 5) is 5.28. The number of benzene rings is 1. The zero-order valence-electron chi connectivity index (χ0n) is 11.0. The maximum absolute atomic E-state index is 6.06. The number of hydrogen-bond donors (Lipinski definition) is 0. The van der Waals surface area contributed by atoms with Crippen molar-refractivity contribution in [2.75, 3.05) is 19.6 Å². The quantitative estimate of drug-likeness (QED) is 0.810. The molecule has 0 aromatic heterocycles. The number of fused-ring (bicyclic) bond motifs is 1. The van der Waals surface area contributed by atoms with Crippen molar-refractivity contribution >= 4 is 11.6 Å². The molecule has 18 heavy (non-hydrogen) atoms. The fraction of sp³-hybridized carbons (Fsp3) is 0.600. The van der Waals surface area contributed by atoms with Crippen molar-refractivity contribution in [2.45, 2.75) is 38.4 Å². The van der Waals surface area contributed by atoms with Gasteiger partial charge in [0.05, 0.1) is 0 Å². The monoisotopic (exact) mass is 264 g/mol. The number of halogens is 1. The Bertz CT molecular complexity index is 421. The molecule has 1 aromatic carbocycles. The van der Waals surface area contributed by atoms with Crippen LogP contribution in [0.15, 0.2) is 24.3 Å². The van der Waals surface area contributed by atoms with Gasteiger partial charge >= 0.3 is 0 Å². The van der Waals surface area contributed by atoms with Crippen LogP contribution >= 0.6 is 11.6 Å². The topological polar surface area (TPSA) is 6.48 Å². The fourth-order valence-electron chi connectivity index (χ4n) is 3.34. The zero-order valence-corrected chi connectivity index (χ0v) is 11.7. The van der Waals surface area contributed by atoms with E-state index in [1.807, 2.05) is 12.1 Å². The summed E-state index contributed by atoms with van der Waals surface area (Å²) in [6.07, 6.45) is 2.75. The summed E-state index contributed by atoms with van der Waals surface area (Å²) >= 11 is 6.06. The molecule has 2 aliphatic heterocycles. The van der Waals surface area contributed by atoms with E-state index in [0.29, 0.717) is 6.04 Å². The molecular formula is C15H21ClN2. The van der Waals surface area contributed by atoms with Gasteiger partial charge in [-0.3, -0.25) is 9.80 Å². The summed E-state index contributed by atoms with van der Waals surface area (Å²) in [7, 11) is 0. The second-order valence-electron chi connectivity index (χ2n) is 5.70. The van der Waals surface area contributed by atoms with Crippen LogP contribution in [0.3, 0.4) is 0 Å². The summed E-state index contributed by atoms with van der Waals surface area (Å²) in [6.45, 7) is 7.13. The van der Waals surface area contributed by atoms with Gasteiger partial charge in [0, 0.05) is 36.7 Å². The Labute approximate surface area is 115 Å². The average molecular weight is 265 g/mol. The van der Waals surface area contributed by atoms with E-state index in [9.17, 15) is 0 Å². The highest BCUT2D eigenvalue weighted by molar-refractivity contribution is 6.30. The van der Waals surface area contributed by atoms with E-state index in [4.69, 9.17) is 11.6 Å². The largest absolute Gasteiger partial charge is 0.298 e. The first-order valence-corrected chi connectivity index (χ1v) is 7.33. The Hall–Kier alpha value is -0.570. The van der Waals surface area contributed by atoms with Gasteiger partial charge in [0.25, 0.3) is 0 Å².